The van der Waals surface area contributed by atoms with E-state index in [2.05, 4.69) is 12.0 Å². The number of thiophene rings is 1. The van der Waals surface area contributed by atoms with Crippen molar-refractivity contribution in [3.63, 3.8) is 0 Å². The smallest absolute Gasteiger partial charge is 0.230 e. The summed E-state index contributed by atoms with van der Waals surface area (Å²) in [4.78, 5) is 23.3. The third-order valence-corrected chi connectivity index (χ3v) is 5.26. The van der Waals surface area contributed by atoms with Gasteiger partial charge in [0.15, 0.2) is 5.78 Å². The van der Waals surface area contributed by atoms with Crippen LogP contribution < -0.4 is 0 Å². The number of amides is 1. The van der Waals surface area contributed by atoms with E-state index in [1.54, 1.807) is 11.4 Å². The predicted octanol–water partition coefficient (Wildman–Crippen LogP) is 3.98. The summed E-state index contributed by atoms with van der Waals surface area (Å²) in [5.74, 6) is 0.938. The third-order valence-electron chi connectivity index (χ3n) is 4.57. The SMILES string of the molecule is C/C(=N/N(C=O)CC(=O)c1ccsc1)C(C)C1CCCCC1. The van der Waals surface area contributed by atoms with Crippen molar-refractivity contribution < 1.29 is 9.59 Å². The van der Waals surface area contributed by atoms with Crippen LogP contribution in [0, 0.1) is 11.8 Å². The molecule has 0 radical (unpaired) electrons. The molecule has 1 aliphatic rings. The first kappa shape index (κ1) is 16.9. The van der Waals surface area contributed by atoms with Crippen LogP contribution in [-0.2, 0) is 4.79 Å². The number of hydrazone groups is 1. The Balaban J connectivity index is 1.97. The van der Waals surface area contributed by atoms with Gasteiger partial charge in [0.25, 0.3) is 0 Å². The van der Waals surface area contributed by atoms with Crippen molar-refractivity contribution >= 4 is 29.2 Å². The maximum atomic E-state index is 12.1. The maximum Gasteiger partial charge on any atom is 0.230 e. The Labute approximate surface area is 136 Å². The number of carbonyl (C=O) groups is 2. The van der Waals surface area contributed by atoms with Gasteiger partial charge in [0.1, 0.15) is 6.54 Å². The summed E-state index contributed by atoms with van der Waals surface area (Å²) in [6.07, 6.45) is 7.02. The van der Waals surface area contributed by atoms with E-state index >= 15 is 0 Å². The zero-order chi connectivity index (χ0) is 15.9. The van der Waals surface area contributed by atoms with E-state index in [4.69, 9.17) is 0 Å². The lowest BCUT2D eigenvalue weighted by atomic mass is 9.79. The summed E-state index contributed by atoms with van der Waals surface area (Å²) in [7, 11) is 0. The van der Waals surface area contributed by atoms with Gasteiger partial charge < -0.3 is 0 Å². The number of nitrogens with zero attached hydrogens (tertiary/aromatic N) is 2. The second-order valence-corrected chi connectivity index (χ2v) is 6.85. The standard InChI is InChI=1S/C17H24N2O2S/c1-13(15-6-4-3-5-7-15)14(2)18-19(12-20)10-17(21)16-8-9-22-11-16/h8-9,11-13,15H,3-7,10H2,1-2H3/b18-14-. The summed E-state index contributed by atoms with van der Waals surface area (Å²) in [6, 6.07) is 1.78. The van der Waals surface area contributed by atoms with Gasteiger partial charge in [0.2, 0.25) is 6.41 Å². The van der Waals surface area contributed by atoms with Crippen molar-refractivity contribution in [3.05, 3.63) is 22.4 Å². The number of Topliss-reactive ketones (excluding diaryl/α,β-unsaturated/α-hetero) is 1. The Morgan fingerprint density at radius 1 is 1.45 bits per heavy atom. The lowest BCUT2D eigenvalue weighted by molar-refractivity contribution is -0.117. The number of carbonyl (C=O) groups excluding carboxylic acids is 2. The molecular weight excluding hydrogens is 296 g/mol. The van der Waals surface area contributed by atoms with E-state index < -0.39 is 0 Å². The van der Waals surface area contributed by atoms with Crippen LogP contribution >= 0.6 is 11.3 Å². The van der Waals surface area contributed by atoms with Gasteiger partial charge in [0.05, 0.1) is 0 Å². The summed E-state index contributed by atoms with van der Waals surface area (Å²) in [5.41, 5.74) is 1.59. The van der Waals surface area contributed by atoms with Crippen molar-refractivity contribution in [1.82, 2.24) is 5.01 Å². The van der Waals surface area contributed by atoms with Crippen LogP contribution in [0.2, 0.25) is 0 Å². The first-order valence-corrected chi connectivity index (χ1v) is 8.88. The van der Waals surface area contributed by atoms with E-state index in [1.165, 1.54) is 48.4 Å². The quantitative estimate of drug-likeness (QED) is 0.330. The number of ketones is 1. The highest BCUT2D eigenvalue weighted by atomic mass is 32.1. The second kappa shape index (κ2) is 8.22. The van der Waals surface area contributed by atoms with Gasteiger partial charge in [-0.2, -0.15) is 16.4 Å². The fourth-order valence-electron chi connectivity index (χ4n) is 3.03. The molecule has 1 fully saturated rings. The van der Waals surface area contributed by atoms with Crippen LogP contribution in [0.5, 0.6) is 0 Å². The number of hydrogen-bond acceptors (Lipinski definition) is 4. The van der Waals surface area contributed by atoms with Gasteiger partial charge in [-0.05, 0) is 43.0 Å². The predicted molar refractivity (Wildman–Crippen MR) is 90.3 cm³/mol. The van der Waals surface area contributed by atoms with Gasteiger partial charge in [-0.1, -0.05) is 26.2 Å². The Hall–Kier alpha value is -1.49. The van der Waals surface area contributed by atoms with Crippen molar-refractivity contribution in [1.29, 1.82) is 0 Å². The van der Waals surface area contributed by atoms with Crippen LogP contribution in [0.4, 0.5) is 0 Å². The Morgan fingerprint density at radius 3 is 2.77 bits per heavy atom. The van der Waals surface area contributed by atoms with Gasteiger partial charge in [0, 0.05) is 16.7 Å². The fourth-order valence-corrected chi connectivity index (χ4v) is 3.69. The van der Waals surface area contributed by atoms with E-state index in [0.717, 1.165) is 5.71 Å². The normalized spacial score (nSPS) is 18.0. The molecule has 1 unspecified atom stereocenters. The minimum absolute atomic E-state index is 0.00889. The van der Waals surface area contributed by atoms with Gasteiger partial charge in [-0.3, -0.25) is 9.59 Å². The molecule has 1 saturated carbocycles. The topological polar surface area (TPSA) is 49.7 Å². The van der Waals surface area contributed by atoms with E-state index in [1.807, 2.05) is 12.3 Å². The average Bonchev–Trinajstić information content (AvgIpc) is 3.08. The highest BCUT2D eigenvalue weighted by Gasteiger charge is 2.22. The lowest BCUT2D eigenvalue weighted by Gasteiger charge is -2.28. The first-order valence-electron chi connectivity index (χ1n) is 7.94. The minimum Gasteiger partial charge on any atom is -0.292 e. The molecule has 0 spiro atoms. The summed E-state index contributed by atoms with van der Waals surface area (Å²) in [6.45, 7) is 4.15. The number of rotatable bonds is 7. The molecule has 0 bridgehead atoms. The van der Waals surface area contributed by atoms with Crippen molar-refractivity contribution in [2.75, 3.05) is 6.54 Å². The molecule has 1 aromatic rings. The molecule has 1 atom stereocenters. The van der Waals surface area contributed by atoms with Gasteiger partial charge >= 0.3 is 0 Å². The largest absolute Gasteiger partial charge is 0.292 e. The molecule has 1 heterocycles. The molecule has 4 nitrogen and oxygen atoms in total. The molecule has 0 N–H and O–H groups in total. The molecule has 0 aromatic carbocycles. The van der Waals surface area contributed by atoms with Crippen LogP contribution in [0.25, 0.3) is 0 Å². The molecule has 1 amide bonds. The summed E-state index contributed by atoms with van der Waals surface area (Å²) < 4.78 is 0. The van der Waals surface area contributed by atoms with Crippen molar-refractivity contribution in [3.8, 4) is 0 Å². The molecule has 22 heavy (non-hydrogen) atoms. The Bertz CT molecular complexity index is 519. The minimum atomic E-state index is -0.0739. The molecule has 2 rings (SSSR count). The Kier molecular flexibility index (Phi) is 6.31. The maximum absolute atomic E-state index is 12.1. The van der Waals surface area contributed by atoms with Crippen molar-refractivity contribution in [2.45, 2.75) is 46.0 Å². The average molecular weight is 320 g/mol. The van der Waals surface area contributed by atoms with Crippen LogP contribution in [0.15, 0.2) is 21.9 Å². The molecule has 0 aliphatic heterocycles. The zero-order valence-electron chi connectivity index (χ0n) is 13.3. The molecule has 0 saturated heterocycles. The molecular formula is C17H24N2O2S. The van der Waals surface area contributed by atoms with Gasteiger partial charge in [-0.15, -0.1) is 0 Å². The van der Waals surface area contributed by atoms with E-state index in [9.17, 15) is 9.59 Å². The highest BCUT2D eigenvalue weighted by molar-refractivity contribution is 7.08. The lowest BCUT2D eigenvalue weighted by Crippen LogP contribution is -2.28. The molecule has 120 valence electrons. The third kappa shape index (κ3) is 4.50. The highest BCUT2D eigenvalue weighted by Crippen LogP contribution is 2.30. The molecule has 1 aliphatic carbocycles. The number of hydrogen-bond donors (Lipinski definition) is 0. The van der Waals surface area contributed by atoms with Crippen LogP contribution in [-0.4, -0.2) is 29.5 Å². The van der Waals surface area contributed by atoms with Crippen LogP contribution in [0.1, 0.15) is 56.3 Å². The van der Waals surface area contributed by atoms with E-state index in [-0.39, 0.29) is 12.3 Å². The zero-order valence-corrected chi connectivity index (χ0v) is 14.1. The van der Waals surface area contributed by atoms with Crippen LogP contribution in [0.3, 0.4) is 0 Å². The molecule has 5 heteroatoms. The Morgan fingerprint density at radius 2 is 2.18 bits per heavy atom. The second-order valence-electron chi connectivity index (χ2n) is 6.07. The monoisotopic (exact) mass is 320 g/mol. The van der Waals surface area contributed by atoms with Gasteiger partial charge in [-0.25, -0.2) is 5.01 Å². The fraction of sp³-hybridized carbons (Fsp3) is 0.588. The molecule has 1 aromatic heterocycles. The van der Waals surface area contributed by atoms with E-state index in [0.29, 0.717) is 23.8 Å². The first-order chi connectivity index (χ1) is 10.6. The van der Waals surface area contributed by atoms with Crippen molar-refractivity contribution in [2.24, 2.45) is 16.9 Å². The summed E-state index contributed by atoms with van der Waals surface area (Å²) in [5, 5.41) is 9.27. The summed E-state index contributed by atoms with van der Waals surface area (Å²) >= 11 is 1.48.